The number of urea groups is 2. The van der Waals surface area contributed by atoms with Gasteiger partial charge in [0.05, 0.1) is 18.8 Å². The maximum Gasteiger partial charge on any atom is 1.00 e. The summed E-state index contributed by atoms with van der Waals surface area (Å²) in [5.74, 6) is 0.726. The number of aliphatic hydroxyl groups excluding tert-OH is 3. The summed E-state index contributed by atoms with van der Waals surface area (Å²) < 4.78 is 11.1. The number of rotatable bonds is 4. The van der Waals surface area contributed by atoms with Crippen LogP contribution in [-0.4, -0.2) is 114 Å². The van der Waals surface area contributed by atoms with Crippen LogP contribution in [0.5, 0.6) is 0 Å². The fourth-order valence-corrected chi connectivity index (χ4v) is 3.95. The van der Waals surface area contributed by atoms with Crippen LogP contribution in [0, 0.1) is 5.92 Å². The van der Waals surface area contributed by atoms with Gasteiger partial charge in [0.25, 0.3) is 0 Å². The summed E-state index contributed by atoms with van der Waals surface area (Å²) in [6, 6.07) is -0.634. The summed E-state index contributed by atoms with van der Waals surface area (Å²) in [7, 11) is 1.75. The van der Waals surface area contributed by atoms with E-state index >= 15 is 0 Å². The molecule has 6 atom stereocenters. The van der Waals surface area contributed by atoms with Crippen LogP contribution in [0.3, 0.4) is 0 Å². The van der Waals surface area contributed by atoms with Gasteiger partial charge in [0.1, 0.15) is 31.9 Å². The summed E-state index contributed by atoms with van der Waals surface area (Å²) in [5, 5.41) is 38.5. The number of aliphatic hydroxyl groups is 3. The first-order valence-electron chi connectivity index (χ1n) is 11.4. The second kappa shape index (κ2) is 17.7. The molecule has 4 aliphatic heterocycles. The number of carbonyl (C=O) groups excluding carboxylic acids is 2. The maximum atomic E-state index is 11.7. The van der Waals surface area contributed by atoms with E-state index in [2.05, 4.69) is 34.5 Å². The summed E-state index contributed by atoms with van der Waals surface area (Å²) in [4.78, 5) is 33.9. The van der Waals surface area contributed by atoms with E-state index in [1.165, 1.54) is 4.90 Å². The monoisotopic (exact) mass is 542 g/mol. The van der Waals surface area contributed by atoms with Crippen molar-refractivity contribution in [3.05, 3.63) is 0 Å². The quantitative estimate of drug-likeness (QED) is 0.166. The molecular formula is C20H39N8NaO8. The molecule has 17 heteroatoms. The summed E-state index contributed by atoms with van der Waals surface area (Å²) in [6.07, 6.45) is 0.155. The summed E-state index contributed by atoms with van der Waals surface area (Å²) in [5.41, 5.74) is 10.7. The molecule has 0 aliphatic carbocycles. The molecule has 16 nitrogen and oxygen atoms in total. The number of hydrogen-bond donors (Lipinski definition) is 7. The van der Waals surface area contributed by atoms with Gasteiger partial charge in [0.15, 0.2) is 11.9 Å². The molecule has 2 fully saturated rings. The minimum Gasteiger partial charge on any atom is -0.857 e. The van der Waals surface area contributed by atoms with Gasteiger partial charge in [-0.15, -0.1) is 0 Å². The molecule has 4 aliphatic rings. The van der Waals surface area contributed by atoms with Crippen molar-refractivity contribution in [2.45, 2.75) is 63.9 Å². The van der Waals surface area contributed by atoms with E-state index in [1.54, 1.807) is 4.90 Å². The molecular weight excluding hydrogens is 503 g/mol. The molecule has 37 heavy (non-hydrogen) atoms. The van der Waals surface area contributed by atoms with E-state index in [1.807, 2.05) is 0 Å². The van der Waals surface area contributed by atoms with Crippen molar-refractivity contribution >= 4 is 24.0 Å². The molecule has 4 heterocycles. The number of aliphatic imine (C=N–C) groups is 2. The first-order valence-corrected chi connectivity index (χ1v) is 11.4. The predicted octanol–water partition coefficient (Wildman–Crippen LogP) is -6.21. The Morgan fingerprint density at radius 1 is 0.973 bits per heavy atom. The Hall–Kier alpha value is -1.76. The molecule has 0 saturated carbocycles. The Balaban J connectivity index is 0.000000603. The van der Waals surface area contributed by atoms with Crippen LogP contribution in [-0.2, 0) is 9.47 Å². The van der Waals surface area contributed by atoms with Gasteiger partial charge >= 0.3 is 41.6 Å². The molecule has 0 spiro atoms. The summed E-state index contributed by atoms with van der Waals surface area (Å²) in [6.45, 7) is 4.33. The molecule has 4 rings (SSSR count). The molecule has 0 radical (unpaired) electrons. The number of hydrogen-bond acceptors (Lipinski definition) is 12. The zero-order valence-electron chi connectivity index (χ0n) is 22.0. The first kappa shape index (κ1) is 35.2. The molecule has 9 N–H and O–H groups in total. The van der Waals surface area contributed by atoms with Crippen molar-refractivity contribution in [1.29, 1.82) is 0 Å². The number of nitrogens with zero attached hydrogens (tertiary/aromatic N) is 4. The van der Waals surface area contributed by atoms with E-state index in [0.29, 0.717) is 5.92 Å². The van der Waals surface area contributed by atoms with Gasteiger partial charge in [-0.1, -0.05) is 13.8 Å². The van der Waals surface area contributed by atoms with Crippen LogP contribution in [0.2, 0.25) is 0 Å². The molecule has 4 unspecified atom stereocenters. The smallest absolute Gasteiger partial charge is 0.857 e. The Labute approximate surface area is 238 Å². The average molecular weight is 543 g/mol. The second-order valence-electron chi connectivity index (χ2n) is 8.03. The zero-order chi connectivity index (χ0) is 27.4. The van der Waals surface area contributed by atoms with Gasteiger partial charge in [-0.05, 0) is 18.8 Å². The van der Waals surface area contributed by atoms with E-state index in [-0.39, 0.29) is 86.2 Å². The number of carbonyl (C=O) groups is 2. The van der Waals surface area contributed by atoms with Crippen molar-refractivity contribution in [3.63, 3.8) is 0 Å². The van der Waals surface area contributed by atoms with Crippen LogP contribution in [0.4, 0.5) is 9.59 Å². The molecule has 0 aromatic carbocycles. The van der Waals surface area contributed by atoms with Crippen LogP contribution in [0.15, 0.2) is 9.98 Å². The van der Waals surface area contributed by atoms with Gasteiger partial charge in [-0.3, -0.25) is 20.4 Å². The normalized spacial score (nSPS) is 30.5. The fourth-order valence-electron chi connectivity index (χ4n) is 3.95. The minimum atomic E-state index is -0.772. The average Bonchev–Trinajstić information content (AvgIpc) is 3.43. The molecule has 0 aromatic heterocycles. The number of nitrogens with one attached hydrogen (secondary N) is 2. The van der Waals surface area contributed by atoms with E-state index in [0.717, 1.165) is 27.1 Å². The van der Waals surface area contributed by atoms with Gasteiger partial charge < -0.3 is 41.4 Å². The van der Waals surface area contributed by atoms with E-state index in [4.69, 9.17) is 36.3 Å². The zero-order valence-corrected chi connectivity index (χ0v) is 24.0. The summed E-state index contributed by atoms with van der Waals surface area (Å²) >= 11 is 0. The molecule has 208 valence electrons. The second-order valence-corrected chi connectivity index (χ2v) is 8.03. The van der Waals surface area contributed by atoms with E-state index < -0.39 is 24.5 Å². The van der Waals surface area contributed by atoms with Crippen molar-refractivity contribution in [3.8, 4) is 0 Å². The molecule has 0 bridgehead atoms. The third-order valence-corrected chi connectivity index (χ3v) is 5.80. The first-order chi connectivity index (χ1) is 17.2. The van der Waals surface area contributed by atoms with Crippen LogP contribution in [0.1, 0.15) is 33.1 Å². The number of ether oxygens (including phenoxy) is 2. The van der Waals surface area contributed by atoms with E-state index in [9.17, 15) is 14.7 Å². The van der Waals surface area contributed by atoms with Crippen molar-refractivity contribution in [1.82, 2.24) is 20.4 Å². The van der Waals surface area contributed by atoms with Crippen LogP contribution in [0.25, 0.3) is 0 Å². The van der Waals surface area contributed by atoms with Gasteiger partial charge in [0.2, 0.25) is 0 Å². The van der Waals surface area contributed by atoms with Crippen molar-refractivity contribution < 1.29 is 69.0 Å². The van der Waals surface area contributed by atoms with Crippen LogP contribution < -0.4 is 56.8 Å². The van der Waals surface area contributed by atoms with Crippen LogP contribution >= 0.6 is 0 Å². The maximum absolute atomic E-state index is 11.7. The standard InChI is InChI=1S/C10H18N4O2.C8H14N4O4.CH4O.CH3O.Na/c1-3-7-6(2)4-8(16-7)14-5-12-9(11)13-10(14)15;9-7-10-3-12(8(15)11-7)6-1-4(14)5(2-13)16-6;2*1-2;/h6-8H,3-5H2,1-2H3,(H3,11,12,13,15);4-6,13-14H,1-3H2,(H3,9,10,11,15);2H,1H3;1H3;/q;;;-1;+1/t6?,7?,8-;4?,5?,6-;;;/m11.../s1. The molecule has 0 aromatic rings. The Kier molecular flexibility index (Phi) is 16.9. The Morgan fingerprint density at radius 3 is 1.76 bits per heavy atom. The topological polar surface area (TPSA) is 244 Å². The van der Waals surface area contributed by atoms with Gasteiger partial charge in [-0.25, -0.2) is 19.6 Å². The number of guanidine groups is 2. The number of amides is 4. The third-order valence-electron chi connectivity index (χ3n) is 5.80. The number of nitrogens with two attached hydrogens (primary N) is 2. The largest absolute Gasteiger partial charge is 1.00 e. The minimum absolute atomic E-state index is 0. The predicted molar refractivity (Wildman–Crippen MR) is 127 cm³/mol. The van der Waals surface area contributed by atoms with Gasteiger partial charge in [-0.2, -0.15) is 7.11 Å². The SMILES string of the molecule is CCC1O[C@@H](N2CN=C(N)NC2=O)CC1C.CO.C[O-].NC1=NCN([C@H]2CC(O)C(CO)O2)C(=O)N1.[Na+]. The molecule has 2 saturated heterocycles. The van der Waals surface area contributed by atoms with Gasteiger partial charge in [0, 0.05) is 13.5 Å². The van der Waals surface area contributed by atoms with Crippen molar-refractivity contribution in [2.24, 2.45) is 27.4 Å². The Morgan fingerprint density at radius 2 is 1.41 bits per heavy atom. The van der Waals surface area contributed by atoms with Crippen molar-refractivity contribution in [2.75, 3.05) is 34.2 Å². The third kappa shape index (κ3) is 9.81. The molecule has 4 amide bonds. The Bertz CT molecular complexity index is 715. The fraction of sp³-hybridized carbons (Fsp3) is 0.800.